The van der Waals surface area contributed by atoms with Crippen molar-refractivity contribution in [3.05, 3.63) is 60.8 Å². The summed E-state index contributed by atoms with van der Waals surface area (Å²) in [7, 11) is 0. The van der Waals surface area contributed by atoms with Crippen LogP contribution in [0.15, 0.2) is 60.8 Å². The topological polar surface area (TPSA) is 78.9 Å². The van der Waals surface area contributed by atoms with Gasteiger partial charge in [-0.15, -0.1) is 0 Å². The fourth-order valence-corrected chi connectivity index (χ4v) is 8.67. The van der Waals surface area contributed by atoms with Gasteiger partial charge in [0.1, 0.15) is 13.2 Å². The summed E-state index contributed by atoms with van der Waals surface area (Å²) in [6, 6.07) is 0. The van der Waals surface area contributed by atoms with Crippen molar-refractivity contribution in [2.75, 3.05) is 13.2 Å². The maximum absolute atomic E-state index is 12.7. The van der Waals surface area contributed by atoms with Crippen molar-refractivity contribution >= 4 is 17.9 Å². The molecule has 0 fully saturated rings. The van der Waals surface area contributed by atoms with Gasteiger partial charge in [-0.05, 0) is 83.5 Å². The van der Waals surface area contributed by atoms with E-state index >= 15 is 0 Å². The van der Waals surface area contributed by atoms with Crippen molar-refractivity contribution < 1.29 is 28.6 Å². The van der Waals surface area contributed by atoms with E-state index in [2.05, 4.69) is 81.5 Å². The minimum Gasteiger partial charge on any atom is -0.462 e. The maximum atomic E-state index is 12.7. The second kappa shape index (κ2) is 58.7. The first-order valence-electron chi connectivity index (χ1n) is 30.3. The molecule has 1 atom stereocenters. The molecule has 0 saturated heterocycles. The van der Waals surface area contributed by atoms with Crippen LogP contribution in [0.2, 0.25) is 0 Å². The van der Waals surface area contributed by atoms with Crippen LogP contribution in [0.3, 0.4) is 0 Å². The van der Waals surface area contributed by atoms with Gasteiger partial charge in [-0.3, -0.25) is 14.4 Å². The first kappa shape index (κ1) is 67.1. The number of carbonyl (C=O) groups is 3. The average Bonchev–Trinajstić information content (AvgIpc) is 3.36. The van der Waals surface area contributed by atoms with Gasteiger partial charge in [-0.2, -0.15) is 0 Å². The van der Waals surface area contributed by atoms with Crippen molar-refractivity contribution in [1.29, 1.82) is 0 Å². The van der Waals surface area contributed by atoms with Crippen molar-refractivity contribution in [3.63, 3.8) is 0 Å². The minimum atomic E-state index is -0.775. The Morgan fingerprint density at radius 1 is 0.286 bits per heavy atom. The highest BCUT2D eigenvalue weighted by atomic mass is 16.6. The van der Waals surface area contributed by atoms with E-state index in [1.165, 1.54) is 167 Å². The summed E-state index contributed by atoms with van der Waals surface area (Å²) in [6.45, 7) is 6.51. The zero-order chi connectivity index (χ0) is 50.7. The molecule has 0 aromatic heterocycles. The first-order valence-corrected chi connectivity index (χ1v) is 30.3. The third kappa shape index (κ3) is 56.0. The first-order chi connectivity index (χ1) is 34.5. The van der Waals surface area contributed by atoms with Gasteiger partial charge in [0, 0.05) is 19.3 Å². The zero-order valence-electron chi connectivity index (χ0n) is 46.5. The number of hydrogen-bond acceptors (Lipinski definition) is 6. The maximum Gasteiger partial charge on any atom is 0.306 e. The summed E-state index contributed by atoms with van der Waals surface area (Å²) in [6.07, 6.45) is 74.2. The average molecular weight is 980 g/mol. The van der Waals surface area contributed by atoms with Gasteiger partial charge in [-0.1, -0.05) is 268 Å². The van der Waals surface area contributed by atoms with Crippen LogP contribution < -0.4 is 0 Å². The van der Waals surface area contributed by atoms with Crippen LogP contribution >= 0.6 is 0 Å². The second-order valence-corrected chi connectivity index (χ2v) is 20.3. The molecule has 0 aromatic rings. The summed E-state index contributed by atoms with van der Waals surface area (Å²) in [5.74, 6) is -0.892. The van der Waals surface area contributed by atoms with E-state index in [1.807, 2.05) is 0 Å². The molecule has 0 spiro atoms. The number of ether oxygens (including phenoxy) is 3. The normalized spacial score (nSPS) is 12.4. The lowest BCUT2D eigenvalue weighted by molar-refractivity contribution is -0.167. The minimum absolute atomic E-state index is 0.0770. The summed E-state index contributed by atoms with van der Waals surface area (Å²) >= 11 is 0. The molecule has 0 amide bonds. The Kier molecular flexibility index (Phi) is 56.3. The van der Waals surface area contributed by atoms with E-state index < -0.39 is 6.10 Å². The summed E-state index contributed by atoms with van der Waals surface area (Å²) in [4.78, 5) is 37.8. The van der Waals surface area contributed by atoms with Crippen LogP contribution in [0, 0.1) is 0 Å². The molecule has 0 aliphatic heterocycles. The SMILES string of the molecule is CCC/C=C\C/C=C\CCCCCCCC(=O)OC(COC(=O)CCCCCCCC)COC(=O)CCCCCCCCCCCCCCCCCCCC/C=C\C/C=C\C/C=C\CCCCCCC. The molecule has 0 aromatic carbocycles. The van der Waals surface area contributed by atoms with E-state index in [4.69, 9.17) is 14.2 Å². The number of unbranched alkanes of at least 4 members (excludes halogenated alkanes) is 34. The molecule has 0 aliphatic rings. The van der Waals surface area contributed by atoms with Gasteiger partial charge in [-0.25, -0.2) is 0 Å². The van der Waals surface area contributed by atoms with E-state index in [9.17, 15) is 14.4 Å². The standard InChI is InChI=1S/C64H114O6/c1-4-7-10-13-16-18-20-22-23-24-25-26-27-28-29-30-31-32-33-34-35-36-37-38-39-40-41-43-44-46-48-51-54-57-63(66)69-60-61(59-68-62(65)56-53-50-15-12-9-6-3)70-64(67)58-55-52-49-47-45-42-21-19-17-14-11-8-5-2/h11,14,19-22,24-25,27-28,61H,4-10,12-13,15-18,23,26,29-60H2,1-3H3/b14-11-,21-19-,22-20-,25-24-,28-27-. The molecule has 1 unspecified atom stereocenters. The van der Waals surface area contributed by atoms with Gasteiger partial charge in [0.2, 0.25) is 0 Å². The Morgan fingerprint density at radius 3 is 0.857 bits per heavy atom. The molecular formula is C64H114O6. The van der Waals surface area contributed by atoms with Crippen LogP contribution in [0.1, 0.15) is 310 Å². The van der Waals surface area contributed by atoms with Gasteiger partial charge >= 0.3 is 17.9 Å². The van der Waals surface area contributed by atoms with E-state index in [0.717, 1.165) is 103 Å². The van der Waals surface area contributed by atoms with Crippen LogP contribution in [0.25, 0.3) is 0 Å². The van der Waals surface area contributed by atoms with E-state index in [1.54, 1.807) is 0 Å². The zero-order valence-corrected chi connectivity index (χ0v) is 46.5. The van der Waals surface area contributed by atoms with Crippen molar-refractivity contribution in [1.82, 2.24) is 0 Å². The highest BCUT2D eigenvalue weighted by Gasteiger charge is 2.19. The van der Waals surface area contributed by atoms with Crippen LogP contribution in [-0.2, 0) is 28.6 Å². The summed E-state index contributed by atoms with van der Waals surface area (Å²) in [5, 5.41) is 0. The summed E-state index contributed by atoms with van der Waals surface area (Å²) in [5.41, 5.74) is 0. The van der Waals surface area contributed by atoms with Crippen molar-refractivity contribution in [3.8, 4) is 0 Å². The third-order valence-corrected chi connectivity index (χ3v) is 13.2. The number of allylic oxidation sites excluding steroid dienone is 10. The number of esters is 3. The molecule has 6 heteroatoms. The molecule has 0 rings (SSSR count). The van der Waals surface area contributed by atoms with Crippen LogP contribution in [0.5, 0.6) is 0 Å². The van der Waals surface area contributed by atoms with Gasteiger partial charge in [0.05, 0.1) is 0 Å². The van der Waals surface area contributed by atoms with Crippen molar-refractivity contribution in [2.45, 2.75) is 316 Å². The molecule has 406 valence electrons. The molecule has 0 aliphatic carbocycles. The number of rotatable bonds is 55. The third-order valence-electron chi connectivity index (χ3n) is 13.2. The predicted molar refractivity (Wildman–Crippen MR) is 302 cm³/mol. The van der Waals surface area contributed by atoms with E-state index in [0.29, 0.717) is 19.3 Å². The molecule has 0 heterocycles. The molecule has 0 bridgehead atoms. The Bertz CT molecular complexity index is 1260. The Morgan fingerprint density at radius 2 is 0.543 bits per heavy atom. The molecule has 0 saturated carbocycles. The van der Waals surface area contributed by atoms with Gasteiger partial charge in [0.25, 0.3) is 0 Å². The van der Waals surface area contributed by atoms with Crippen LogP contribution in [0.4, 0.5) is 0 Å². The highest BCUT2D eigenvalue weighted by Crippen LogP contribution is 2.17. The molecule has 0 radical (unpaired) electrons. The van der Waals surface area contributed by atoms with E-state index in [-0.39, 0.29) is 31.1 Å². The Hall–Kier alpha value is -2.89. The van der Waals surface area contributed by atoms with Crippen LogP contribution in [-0.4, -0.2) is 37.2 Å². The fraction of sp³-hybridized carbons (Fsp3) is 0.797. The largest absolute Gasteiger partial charge is 0.462 e. The molecule has 70 heavy (non-hydrogen) atoms. The summed E-state index contributed by atoms with van der Waals surface area (Å²) < 4.78 is 16.7. The fourth-order valence-electron chi connectivity index (χ4n) is 8.67. The lowest BCUT2D eigenvalue weighted by atomic mass is 10.0. The highest BCUT2D eigenvalue weighted by molar-refractivity contribution is 5.71. The quantitative estimate of drug-likeness (QED) is 0.0261. The second-order valence-electron chi connectivity index (χ2n) is 20.3. The monoisotopic (exact) mass is 979 g/mol. The predicted octanol–water partition coefficient (Wildman–Crippen LogP) is 20.4. The molecular weight excluding hydrogens is 865 g/mol. The van der Waals surface area contributed by atoms with Gasteiger partial charge < -0.3 is 14.2 Å². The Labute approximate surface area is 434 Å². The molecule has 0 N–H and O–H groups in total. The lowest BCUT2D eigenvalue weighted by Crippen LogP contribution is -2.30. The molecule has 6 nitrogen and oxygen atoms in total. The number of hydrogen-bond donors (Lipinski definition) is 0. The number of carbonyl (C=O) groups excluding carboxylic acids is 3. The Balaban J connectivity index is 3.94. The smallest absolute Gasteiger partial charge is 0.306 e. The lowest BCUT2D eigenvalue weighted by Gasteiger charge is -2.18. The van der Waals surface area contributed by atoms with Gasteiger partial charge in [0.15, 0.2) is 6.10 Å². The van der Waals surface area contributed by atoms with Crippen molar-refractivity contribution in [2.24, 2.45) is 0 Å².